The van der Waals surface area contributed by atoms with Crippen LogP contribution in [0.3, 0.4) is 0 Å². The number of nitrogens with one attached hydrogen (secondary N) is 1. The van der Waals surface area contributed by atoms with Crippen LogP contribution < -0.4 is 9.62 Å². The zero-order valence-corrected chi connectivity index (χ0v) is 14.3. The van der Waals surface area contributed by atoms with Gasteiger partial charge < -0.3 is 5.32 Å². The highest BCUT2D eigenvalue weighted by Crippen LogP contribution is 2.20. The molecule has 0 heterocycles. The maximum Gasteiger partial charge on any atom is 0.243 e. The Bertz CT molecular complexity index is 810. The first-order valence-electron chi connectivity index (χ1n) is 7.36. The van der Waals surface area contributed by atoms with E-state index >= 15 is 0 Å². The van der Waals surface area contributed by atoms with Gasteiger partial charge >= 0.3 is 0 Å². The Labute approximate surface area is 141 Å². The molecule has 0 saturated carbocycles. The summed E-state index contributed by atoms with van der Waals surface area (Å²) in [6, 6.07) is 13.5. The number of amides is 1. The minimum Gasteiger partial charge on any atom is -0.350 e. The van der Waals surface area contributed by atoms with Gasteiger partial charge in [-0.15, -0.1) is 0 Å². The van der Waals surface area contributed by atoms with Gasteiger partial charge in [-0.25, -0.2) is 12.8 Å². The van der Waals surface area contributed by atoms with E-state index < -0.39 is 27.8 Å². The maximum absolute atomic E-state index is 13.6. The second kappa shape index (κ2) is 7.44. The number of para-hydroxylation sites is 1. The molecule has 1 atom stereocenters. The van der Waals surface area contributed by atoms with Gasteiger partial charge in [0.05, 0.1) is 11.9 Å². The molecule has 0 aliphatic rings. The second-order valence-corrected chi connectivity index (χ2v) is 7.24. The van der Waals surface area contributed by atoms with Crippen molar-refractivity contribution < 1.29 is 17.6 Å². The van der Waals surface area contributed by atoms with Crippen molar-refractivity contribution in [2.45, 2.75) is 19.5 Å². The third-order valence-corrected chi connectivity index (χ3v) is 4.75. The molecule has 0 unspecified atom stereocenters. The van der Waals surface area contributed by atoms with Crippen molar-refractivity contribution in [3.05, 3.63) is 66.0 Å². The highest BCUT2D eigenvalue weighted by molar-refractivity contribution is 7.92. The Morgan fingerprint density at radius 1 is 1.12 bits per heavy atom. The van der Waals surface area contributed by atoms with E-state index in [1.165, 1.54) is 13.0 Å². The predicted octanol–water partition coefficient (Wildman–Crippen LogP) is 2.30. The van der Waals surface area contributed by atoms with Gasteiger partial charge in [-0.1, -0.05) is 36.4 Å². The Morgan fingerprint density at radius 3 is 2.29 bits per heavy atom. The predicted molar refractivity (Wildman–Crippen MR) is 91.5 cm³/mol. The standard InChI is InChI=1S/C17H19FN2O3S/c1-13(17(21)19-12-14-8-6-7-11-16(14)18)20(24(2,22)23)15-9-4-3-5-10-15/h3-11,13H,12H2,1-2H3,(H,19,21)/t13-/m1/s1. The number of halogens is 1. The van der Waals surface area contributed by atoms with Crippen LogP contribution >= 0.6 is 0 Å². The van der Waals surface area contributed by atoms with E-state index in [4.69, 9.17) is 0 Å². The van der Waals surface area contributed by atoms with E-state index in [1.54, 1.807) is 48.5 Å². The number of rotatable bonds is 6. The summed E-state index contributed by atoms with van der Waals surface area (Å²) < 4.78 is 38.8. The second-order valence-electron chi connectivity index (χ2n) is 5.38. The van der Waals surface area contributed by atoms with Crippen LogP contribution in [0.2, 0.25) is 0 Å². The van der Waals surface area contributed by atoms with Crippen LogP contribution in [-0.4, -0.2) is 26.6 Å². The van der Waals surface area contributed by atoms with Crippen molar-refractivity contribution in [2.75, 3.05) is 10.6 Å². The average Bonchev–Trinajstić information content (AvgIpc) is 2.53. The lowest BCUT2D eigenvalue weighted by atomic mass is 10.2. The van der Waals surface area contributed by atoms with Crippen molar-refractivity contribution >= 4 is 21.6 Å². The quantitative estimate of drug-likeness (QED) is 0.869. The molecule has 0 spiro atoms. The number of sulfonamides is 1. The van der Waals surface area contributed by atoms with E-state index in [0.29, 0.717) is 11.3 Å². The van der Waals surface area contributed by atoms with Crippen molar-refractivity contribution in [1.82, 2.24) is 5.32 Å². The molecular weight excluding hydrogens is 331 g/mol. The minimum atomic E-state index is -3.65. The Hall–Kier alpha value is -2.41. The van der Waals surface area contributed by atoms with Gasteiger partial charge in [0.25, 0.3) is 0 Å². The largest absolute Gasteiger partial charge is 0.350 e. The summed E-state index contributed by atoms with van der Waals surface area (Å²) in [5.74, 6) is -0.930. The molecule has 24 heavy (non-hydrogen) atoms. The van der Waals surface area contributed by atoms with Gasteiger partial charge in [0.1, 0.15) is 11.9 Å². The molecule has 0 radical (unpaired) electrons. The van der Waals surface area contributed by atoms with Crippen molar-refractivity contribution in [3.63, 3.8) is 0 Å². The van der Waals surface area contributed by atoms with E-state index in [0.717, 1.165) is 10.6 Å². The Kier molecular flexibility index (Phi) is 5.56. The van der Waals surface area contributed by atoms with E-state index in [-0.39, 0.29) is 6.54 Å². The molecular formula is C17H19FN2O3S. The van der Waals surface area contributed by atoms with Crippen LogP contribution in [0.5, 0.6) is 0 Å². The smallest absolute Gasteiger partial charge is 0.243 e. The molecule has 2 aromatic rings. The first-order chi connectivity index (χ1) is 11.3. The van der Waals surface area contributed by atoms with Crippen molar-refractivity contribution in [1.29, 1.82) is 0 Å². The molecule has 0 saturated heterocycles. The summed E-state index contributed by atoms with van der Waals surface area (Å²) in [6.07, 6.45) is 1.04. The van der Waals surface area contributed by atoms with Gasteiger partial charge in [-0.05, 0) is 25.1 Å². The number of carbonyl (C=O) groups excluding carboxylic acids is 1. The van der Waals surface area contributed by atoms with E-state index in [1.807, 2.05) is 0 Å². The Balaban J connectivity index is 2.16. The molecule has 2 rings (SSSR count). The molecule has 0 aliphatic heterocycles. The average molecular weight is 350 g/mol. The topological polar surface area (TPSA) is 66.5 Å². The summed E-state index contributed by atoms with van der Waals surface area (Å²) in [7, 11) is -3.65. The first-order valence-corrected chi connectivity index (χ1v) is 9.21. The fourth-order valence-electron chi connectivity index (χ4n) is 2.36. The first kappa shape index (κ1) is 17.9. The molecule has 5 nitrogen and oxygen atoms in total. The van der Waals surface area contributed by atoms with Gasteiger partial charge in [0.2, 0.25) is 15.9 Å². The third-order valence-electron chi connectivity index (χ3n) is 3.51. The summed E-state index contributed by atoms with van der Waals surface area (Å²) >= 11 is 0. The maximum atomic E-state index is 13.6. The molecule has 128 valence electrons. The molecule has 0 bridgehead atoms. The summed E-state index contributed by atoms with van der Waals surface area (Å²) in [5.41, 5.74) is 0.734. The SMILES string of the molecule is C[C@H](C(=O)NCc1ccccc1F)N(c1ccccc1)S(C)(=O)=O. The van der Waals surface area contributed by atoms with Crippen LogP contribution in [0.25, 0.3) is 0 Å². The zero-order valence-electron chi connectivity index (χ0n) is 13.4. The van der Waals surface area contributed by atoms with Crippen molar-refractivity contribution in [3.8, 4) is 0 Å². The number of carbonyl (C=O) groups is 1. The molecule has 7 heteroatoms. The molecule has 0 fully saturated rings. The van der Waals surface area contributed by atoms with Gasteiger partial charge in [-0.2, -0.15) is 0 Å². The number of anilines is 1. The van der Waals surface area contributed by atoms with Crippen molar-refractivity contribution in [2.24, 2.45) is 0 Å². The normalized spacial score (nSPS) is 12.5. The summed E-state index contributed by atoms with van der Waals surface area (Å²) in [4.78, 5) is 12.3. The van der Waals surface area contributed by atoms with Crippen LogP contribution in [0.15, 0.2) is 54.6 Å². The fourth-order valence-corrected chi connectivity index (χ4v) is 3.53. The highest BCUT2D eigenvalue weighted by atomic mass is 32.2. The van der Waals surface area contributed by atoms with Crippen LogP contribution in [0.4, 0.5) is 10.1 Å². The van der Waals surface area contributed by atoms with Gasteiger partial charge in [0.15, 0.2) is 0 Å². The number of nitrogens with zero attached hydrogens (tertiary/aromatic N) is 1. The van der Waals surface area contributed by atoms with Gasteiger partial charge in [-0.3, -0.25) is 9.10 Å². The van der Waals surface area contributed by atoms with Crippen LogP contribution in [0, 0.1) is 5.82 Å². The molecule has 1 amide bonds. The monoisotopic (exact) mass is 350 g/mol. The number of hydrogen-bond donors (Lipinski definition) is 1. The van der Waals surface area contributed by atoms with E-state index in [9.17, 15) is 17.6 Å². The number of benzene rings is 2. The molecule has 0 aromatic heterocycles. The van der Waals surface area contributed by atoms with E-state index in [2.05, 4.69) is 5.32 Å². The van der Waals surface area contributed by atoms with Crippen LogP contribution in [-0.2, 0) is 21.4 Å². The summed E-state index contributed by atoms with van der Waals surface area (Å²) in [6.45, 7) is 1.48. The van der Waals surface area contributed by atoms with Gasteiger partial charge in [0, 0.05) is 12.1 Å². The lowest BCUT2D eigenvalue weighted by molar-refractivity contribution is -0.122. The molecule has 0 aliphatic carbocycles. The zero-order chi connectivity index (χ0) is 17.7. The number of hydrogen-bond acceptors (Lipinski definition) is 3. The lowest BCUT2D eigenvalue weighted by Gasteiger charge is -2.28. The molecule has 2 aromatic carbocycles. The fraction of sp³-hybridized carbons (Fsp3) is 0.235. The lowest BCUT2D eigenvalue weighted by Crippen LogP contribution is -2.47. The third kappa shape index (κ3) is 4.32. The molecule has 1 N–H and O–H groups in total. The Morgan fingerprint density at radius 2 is 1.71 bits per heavy atom. The minimum absolute atomic E-state index is 0.0117. The summed E-state index contributed by atoms with van der Waals surface area (Å²) in [5, 5.41) is 2.58. The highest BCUT2D eigenvalue weighted by Gasteiger charge is 2.28. The van der Waals surface area contributed by atoms with Crippen LogP contribution in [0.1, 0.15) is 12.5 Å².